The third-order valence-electron chi connectivity index (χ3n) is 2.08. The molecule has 1 aromatic heterocycles. The highest BCUT2D eigenvalue weighted by molar-refractivity contribution is 5.82. The summed E-state index contributed by atoms with van der Waals surface area (Å²) < 4.78 is 0. The number of aromatic nitrogens is 2. The SMILES string of the molecule is Cc1nc(N)c(C)c(NC(C)C(N)=O)n1. The zero-order valence-corrected chi connectivity index (χ0v) is 9.03. The van der Waals surface area contributed by atoms with E-state index in [1.165, 1.54) is 0 Å². The van der Waals surface area contributed by atoms with Gasteiger partial charge in [0.25, 0.3) is 0 Å². The van der Waals surface area contributed by atoms with Gasteiger partial charge in [0, 0.05) is 5.56 Å². The van der Waals surface area contributed by atoms with Crippen LogP contribution in [0.4, 0.5) is 11.6 Å². The molecule has 6 heteroatoms. The smallest absolute Gasteiger partial charge is 0.239 e. The quantitative estimate of drug-likeness (QED) is 0.647. The molecule has 0 saturated carbocycles. The zero-order valence-electron chi connectivity index (χ0n) is 9.03. The molecule has 0 aliphatic rings. The molecule has 5 N–H and O–H groups in total. The minimum Gasteiger partial charge on any atom is -0.383 e. The number of anilines is 2. The summed E-state index contributed by atoms with van der Waals surface area (Å²) in [5, 5.41) is 2.89. The number of nitrogens with two attached hydrogens (primary N) is 2. The van der Waals surface area contributed by atoms with Crippen LogP contribution in [0, 0.1) is 13.8 Å². The van der Waals surface area contributed by atoms with Crippen LogP contribution in [0.15, 0.2) is 0 Å². The van der Waals surface area contributed by atoms with Gasteiger partial charge in [-0.25, -0.2) is 9.97 Å². The van der Waals surface area contributed by atoms with Crippen molar-refractivity contribution in [2.75, 3.05) is 11.1 Å². The zero-order chi connectivity index (χ0) is 11.6. The van der Waals surface area contributed by atoms with E-state index in [1.54, 1.807) is 20.8 Å². The summed E-state index contributed by atoms with van der Waals surface area (Å²) in [5.41, 5.74) is 11.5. The number of primary amides is 1. The number of aryl methyl sites for hydroxylation is 1. The van der Waals surface area contributed by atoms with Gasteiger partial charge in [-0.2, -0.15) is 0 Å². The summed E-state index contributed by atoms with van der Waals surface area (Å²) in [7, 11) is 0. The number of nitrogen functional groups attached to an aromatic ring is 1. The second kappa shape index (κ2) is 4.12. The molecule has 0 radical (unpaired) electrons. The van der Waals surface area contributed by atoms with E-state index in [-0.39, 0.29) is 0 Å². The standard InChI is InChI=1S/C9H15N5O/c1-4-7(10)13-6(3)14-9(4)12-5(2)8(11)15/h5H,1-3H3,(H2,11,15)(H3,10,12,13,14). The van der Waals surface area contributed by atoms with Gasteiger partial charge in [-0.15, -0.1) is 0 Å². The van der Waals surface area contributed by atoms with Crippen LogP contribution in [-0.4, -0.2) is 21.9 Å². The molecule has 15 heavy (non-hydrogen) atoms. The van der Waals surface area contributed by atoms with E-state index in [4.69, 9.17) is 11.5 Å². The molecule has 0 saturated heterocycles. The third-order valence-corrected chi connectivity index (χ3v) is 2.08. The Labute approximate surface area is 88.1 Å². The van der Waals surface area contributed by atoms with Gasteiger partial charge in [0.2, 0.25) is 5.91 Å². The fourth-order valence-electron chi connectivity index (χ4n) is 1.07. The van der Waals surface area contributed by atoms with Crippen molar-refractivity contribution >= 4 is 17.5 Å². The summed E-state index contributed by atoms with van der Waals surface area (Å²) in [5.74, 6) is 1.06. The highest BCUT2D eigenvalue weighted by atomic mass is 16.1. The van der Waals surface area contributed by atoms with Crippen molar-refractivity contribution in [3.05, 3.63) is 11.4 Å². The summed E-state index contributed by atoms with van der Waals surface area (Å²) in [4.78, 5) is 19.0. The van der Waals surface area contributed by atoms with Gasteiger partial charge in [-0.3, -0.25) is 4.79 Å². The second-order valence-corrected chi connectivity index (χ2v) is 3.40. The molecule has 1 amide bonds. The fraction of sp³-hybridized carbons (Fsp3) is 0.444. The highest BCUT2D eigenvalue weighted by Gasteiger charge is 2.12. The van der Waals surface area contributed by atoms with Crippen LogP contribution in [0.2, 0.25) is 0 Å². The maximum atomic E-state index is 10.9. The minimum absolute atomic E-state index is 0.404. The molecule has 1 atom stereocenters. The average molecular weight is 209 g/mol. The monoisotopic (exact) mass is 209 g/mol. The molecule has 6 nitrogen and oxygen atoms in total. The Kier molecular flexibility index (Phi) is 3.08. The van der Waals surface area contributed by atoms with Gasteiger partial charge < -0.3 is 16.8 Å². The summed E-state index contributed by atoms with van der Waals surface area (Å²) >= 11 is 0. The van der Waals surface area contributed by atoms with Gasteiger partial charge in [0.1, 0.15) is 23.5 Å². The van der Waals surface area contributed by atoms with Crippen molar-refractivity contribution in [2.24, 2.45) is 5.73 Å². The van der Waals surface area contributed by atoms with Gasteiger partial charge in [-0.1, -0.05) is 0 Å². The van der Waals surface area contributed by atoms with Crippen molar-refractivity contribution in [3.8, 4) is 0 Å². The maximum absolute atomic E-state index is 10.9. The topological polar surface area (TPSA) is 107 Å². The first kappa shape index (κ1) is 11.2. The average Bonchev–Trinajstić information content (AvgIpc) is 2.13. The number of amides is 1. The molecule has 0 aliphatic carbocycles. The van der Waals surface area contributed by atoms with Crippen LogP contribution in [0.5, 0.6) is 0 Å². The lowest BCUT2D eigenvalue weighted by Gasteiger charge is -2.14. The maximum Gasteiger partial charge on any atom is 0.239 e. The van der Waals surface area contributed by atoms with Crippen molar-refractivity contribution in [1.82, 2.24) is 9.97 Å². The van der Waals surface area contributed by atoms with Crippen LogP contribution in [-0.2, 0) is 4.79 Å². The number of nitrogens with one attached hydrogen (secondary N) is 1. The molecule has 1 unspecified atom stereocenters. The fourth-order valence-corrected chi connectivity index (χ4v) is 1.07. The number of carbonyl (C=O) groups is 1. The van der Waals surface area contributed by atoms with Gasteiger partial charge in [0.15, 0.2) is 0 Å². The molecule has 0 aromatic carbocycles. The number of carbonyl (C=O) groups excluding carboxylic acids is 1. The molecule has 1 rings (SSSR count). The molecule has 82 valence electrons. The first-order chi connectivity index (χ1) is 6.91. The van der Waals surface area contributed by atoms with Crippen molar-refractivity contribution in [1.29, 1.82) is 0 Å². The number of hydrogen-bond donors (Lipinski definition) is 3. The van der Waals surface area contributed by atoms with E-state index < -0.39 is 11.9 Å². The molecule has 0 bridgehead atoms. The van der Waals surface area contributed by atoms with Gasteiger partial charge in [-0.05, 0) is 20.8 Å². The van der Waals surface area contributed by atoms with Crippen molar-refractivity contribution in [3.63, 3.8) is 0 Å². The Morgan fingerprint density at radius 3 is 2.53 bits per heavy atom. The molecule has 0 spiro atoms. The largest absolute Gasteiger partial charge is 0.383 e. The van der Waals surface area contributed by atoms with E-state index in [2.05, 4.69) is 15.3 Å². The van der Waals surface area contributed by atoms with Gasteiger partial charge in [0.05, 0.1) is 0 Å². The Morgan fingerprint density at radius 1 is 1.40 bits per heavy atom. The van der Waals surface area contributed by atoms with Crippen LogP contribution in [0.3, 0.4) is 0 Å². The Balaban J connectivity index is 2.99. The van der Waals surface area contributed by atoms with Crippen molar-refractivity contribution < 1.29 is 4.79 Å². The number of nitrogens with zero attached hydrogens (tertiary/aromatic N) is 2. The molecule has 1 aromatic rings. The van der Waals surface area contributed by atoms with Gasteiger partial charge >= 0.3 is 0 Å². The summed E-state index contributed by atoms with van der Waals surface area (Å²) in [6, 6.07) is -0.489. The lowest BCUT2D eigenvalue weighted by Crippen LogP contribution is -2.33. The van der Waals surface area contributed by atoms with E-state index in [9.17, 15) is 4.79 Å². The van der Waals surface area contributed by atoms with Crippen LogP contribution < -0.4 is 16.8 Å². The predicted octanol–water partition coefficient (Wildman–Crippen LogP) is -0.0387. The molecular weight excluding hydrogens is 194 g/mol. The minimum atomic E-state index is -0.489. The van der Waals surface area contributed by atoms with Crippen LogP contribution >= 0.6 is 0 Å². The van der Waals surface area contributed by atoms with Crippen molar-refractivity contribution in [2.45, 2.75) is 26.8 Å². The predicted molar refractivity (Wildman–Crippen MR) is 58.2 cm³/mol. The van der Waals surface area contributed by atoms with E-state index in [1.807, 2.05) is 0 Å². The molecular formula is C9H15N5O. The lowest BCUT2D eigenvalue weighted by atomic mass is 10.2. The first-order valence-corrected chi connectivity index (χ1v) is 4.58. The highest BCUT2D eigenvalue weighted by Crippen LogP contribution is 2.17. The number of hydrogen-bond acceptors (Lipinski definition) is 5. The summed E-state index contributed by atoms with van der Waals surface area (Å²) in [6.45, 7) is 5.18. The first-order valence-electron chi connectivity index (χ1n) is 4.58. The van der Waals surface area contributed by atoms with E-state index in [0.29, 0.717) is 23.0 Å². The number of rotatable bonds is 3. The second-order valence-electron chi connectivity index (χ2n) is 3.40. The van der Waals surface area contributed by atoms with E-state index >= 15 is 0 Å². The molecule has 0 fully saturated rings. The normalized spacial score (nSPS) is 12.2. The van der Waals surface area contributed by atoms with Crippen LogP contribution in [0.1, 0.15) is 18.3 Å². The Bertz CT molecular complexity index is 390. The third kappa shape index (κ3) is 2.55. The molecule has 0 aliphatic heterocycles. The lowest BCUT2D eigenvalue weighted by molar-refractivity contribution is -0.118. The van der Waals surface area contributed by atoms with Crippen LogP contribution in [0.25, 0.3) is 0 Å². The Morgan fingerprint density at radius 2 is 2.00 bits per heavy atom. The van der Waals surface area contributed by atoms with E-state index in [0.717, 1.165) is 0 Å². The Hall–Kier alpha value is -1.85. The summed E-state index contributed by atoms with van der Waals surface area (Å²) in [6.07, 6.45) is 0. The molecule has 1 heterocycles.